The second kappa shape index (κ2) is 6.06. The van der Waals surface area contributed by atoms with Crippen molar-refractivity contribution in [2.24, 2.45) is 34.5 Å². The van der Waals surface area contributed by atoms with Crippen molar-refractivity contribution in [3.8, 4) is 0 Å². The van der Waals surface area contributed by atoms with Gasteiger partial charge >= 0.3 is 0 Å². The van der Waals surface area contributed by atoms with E-state index in [2.05, 4.69) is 37.4 Å². The van der Waals surface area contributed by atoms with Gasteiger partial charge in [-0.2, -0.15) is 0 Å². The first kappa shape index (κ1) is 17.2. The number of allylic oxidation sites excluding steroid dienone is 1. The van der Waals surface area contributed by atoms with E-state index in [1.165, 1.54) is 49.8 Å². The average molecular weight is 369 g/mol. The van der Waals surface area contributed by atoms with Gasteiger partial charge in [0, 0.05) is 10.3 Å². The highest BCUT2D eigenvalue weighted by atomic mass is 32.1. The summed E-state index contributed by atoms with van der Waals surface area (Å²) in [7, 11) is 0. The largest absolute Gasteiger partial charge is 0.294 e. The van der Waals surface area contributed by atoms with Crippen LogP contribution in [0.1, 0.15) is 76.5 Å². The monoisotopic (exact) mass is 368 g/mol. The van der Waals surface area contributed by atoms with Crippen LogP contribution in [0.5, 0.6) is 0 Å². The number of carbonyl (C=O) groups excluding carboxylic acids is 1. The number of hydrogen-bond acceptors (Lipinski definition) is 2. The molecule has 5 rings (SSSR count). The lowest BCUT2D eigenvalue weighted by Gasteiger charge is -2.59. The molecule has 1 heterocycles. The molecule has 1 nitrogen and oxygen atoms in total. The molecule has 4 aliphatic carbocycles. The van der Waals surface area contributed by atoms with Crippen LogP contribution >= 0.6 is 11.3 Å². The molecule has 2 heteroatoms. The zero-order valence-corrected chi connectivity index (χ0v) is 17.1. The van der Waals surface area contributed by atoms with Gasteiger partial charge in [0.05, 0.1) is 0 Å². The summed E-state index contributed by atoms with van der Waals surface area (Å²) in [5.74, 6) is 3.69. The van der Waals surface area contributed by atoms with Gasteiger partial charge < -0.3 is 0 Å². The second-order valence-electron chi connectivity index (χ2n) is 10.1. The molecule has 0 amide bonds. The SMILES string of the molecule is CC12CCC3C(CCC4CCCCC43C)C1C/C(=C\c1cccs1)C2=O. The van der Waals surface area contributed by atoms with Crippen molar-refractivity contribution in [3.05, 3.63) is 28.0 Å². The molecular formula is C24H32OS. The Morgan fingerprint density at radius 3 is 2.77 bits per heavy atom. The van der Waals surface area contributed by atoms with Crippen LogP contribution in [0.4, 0.5) is 0 Å². The number of carbonyl (C=O) groups is 1. The Morgan fingerprint density at radius 1 is 1.08 bits per heavy atom. The smallest absolute Gasteiger partial charge is 0.165 e. The van der Waals surface area contributed by atoms with Crippen molar-refractivity contribution in [1.29, 1.82) is 0 Å². The number of thiophene rings is 1. The zero-order valence-electron chi connectivity index (χ0n) is 16.3. The maximum atomic E-state index is 13.4. The van der Waals surface area contributed by atoms with Gasteiger partial charge in [-0.3, -0.25) is 4.79 Å². The number of hydrogen-bond donors (Lipinski definition) is 0. The van der Waals surface area contributed by atoms with Gasteiger partial charge in [-0.05, 0) is 97.1 Å². The van der Waals surface area contributed by atoms with Gasteiger partial charge in [-0.15, -0.1) is 11.3 Å². The molecule has 0 saturated heterocycles. The van der Waals surface area contributed by atoms with Crippen LogP contribution in [0.3, 0.4) is 0 Å². The van der Waals surface area contributed by atoms with Gasteiger partial charge in [0.15, 0.2) is 5.78 Å². The number of rotatable bonds is 1. The predicted octanol–water partition coefficient (Wildman–Crippen LogP) is 6.74. The molecule has 0 N–H and O–H groups in total. The third kappa shape index (κ3) is 2.37. The first-order chi connectivity index (χ1) is 12.5. The Hall–Kier alpha value is -0.890. The molecule has 140 valence electrons. The third-order valence-electron chi connectivity index (χ3n) is 9.08. The summed E-state index contributed by atoms with van der Waals surface area (Å²) < 4.78 is 0. The maximum absolute atomic E-state index is 13.4. The van der Waals surface area contributed by atoms with Gasteiger partial charge in [0.1, 0.15) is 0 Å². The molecule has 4 fully saturated rings. The fourth-order valence-corrected chi connectivity index (χ4v) is 8.32. The minimum absolute atomic E-state index is 0.0812. The van der Waals surface area contributed by atoms with E-state index in [9.17, 15) is 4.79 Å². The Balaban J connectivity index is 1.47. The second-order valence-corrected chi connectivity index (χ2v) is 11.1. The van der Waals surface area contributed by atoms with Crippen molar-refractivity contribution < 1.29 is 4.79 Å². The van der Waals surface area contributed by atoms with Crippen LogP contribution in [-0.2, 0) is 4.79 Å². The van der Waals surface area contributed by atoms with Gasteiger partial charge in [0.25, 0.3) is 0 Å². The van der Waals surface area contributed by atoms with Crippen molar-refractivity contribution in [2.75, 3.05) is 0 Å². The van der Waals surface area contributed by atoms with Gasteiger partial charge in [0.2, 0.25) is 0 Å². The fourth-order valence-electron chi connectivity index (χ4n) is 7.64. The van der Waals surface area contributed by atoms with Crippen LogP contribution in [0.2, 0.25) is 0 Å². The van der Waals surface area contributed by atoms with Gasteiger partial charge in [-0.25, -0.2) is 0 Å². The Bertz CT molecular complexity index is 731. The lowest BCUT2D eigenvalue weighted by atomic mass is 9.45. The fraction of sp³-hybridized carbons (Fsp3) is 0.708. The summed E-state index contributed by atoms with van der Waals surface area (Å²) in [6.07, 6.45) is 14.2. The number of ketones is 1. The highest BCUT2D eigenvalue weighted by Gasteiger charge is 2.60. The zero-order chi connectivity index (χ0) is 17.9. The Kier molecular flexibility index (Phi) is 4.01. The summed E-state index contributed by atoms with van der Waals surface area (Å²) in [6.45, 7) is 4.93. The topological polar surface area (TPSA) is 17.1 Å². The first-order valence-electron chi connectivity index (χ1n) is 10.8. The molecule has 0 aliphatic heterocycles. The standard InChI is InChI=1S/C24H32OS/c1-23-11-4-3-6-17(23)8-9-19-20(23)10-12-24(2)21(19)15-16(22(24)25)14-18-7-5-13-26-18/h5,7,13-14,17,19-21H,3-4,6,8-12,15H2,1-2H3/b16-14+. The van der Waals surface area contributed by atoms with Crippen molar-refractivity contribution in [2.45, 2.75) is 71.6 Å². The molecule has 0 radical (unpaired) electrons. The summed E-state index contributed by atoms with van der Waals surface area (Å²) >= 11 is 1.75. The normalized spacial score (nSPS) is 46.7. The van der Waals surface area contributed by atoms with Gasteiger partial charge in [-0.1, -0.05) is 32.8 Å². The van der Waals surface area contributed by atoms with E-state index in [0.29, 0.717) is 17.1 Å². The van der Waals surface area contributed by atoms with Crippen LogP contribution in [-0.4, -0.2) is 5.78 Å². The molecule has 26 heavy (non-hydrogen) atoms. The van der Waals surface area contributed by atoms with Crippen LogP contribution < -0.4 is 0 Å². The van der Waals surface area contributed by atoms with E-state index in [-0.39, 0.29) is 5.41 Å². The Morgan fingerprint density at radius 2 is 1.96 bits per heavy atom. The molecule has 1 aromatic rings. The minimum atomic E-state index is -0.0812. The molecule has 6 atom stereocenters. The molecule has 4 aliphatic rings. The highest BCUT2D eigenvalue weighted by molar-refractivity contribution is 7.10. The molecule has 6 unspecified atom stereocenters. The van der Waals surface area contributed by atoms with Crippen LogP contribution in [0.25, 0.3) is 6.08 Å². The van der Waals surface area contributed by atoms with E-state index < -0.39 is 0 Å². The third-order valence-corrected chi connectivity index (χ3v) is 9.90. The van der Waals surface area contributed by atoms with E-state index in [4.69, 9.17) is 0 Å². The first-order valence-corrected chi connectivity index (χ1v) is 11.7. The molecule has 0 spiro atoms. The van der Waals surface area contributed by atoms with E-state index in [0.717, 1.165) is 36.2 Å². The lowest BCUT2D eigenvalue weighted by molar-refractivity contribution is -0.137. The maximum Gasteiger partial charge on any atom is 0.165 e. The quantitative estimate of drug-likeness (QED) is 0.501. The lowest BCUT2D eigenvalue weighted by Crippen LogP contribution is -2.52. The van der Waals surface area contributed by atoms with Crippen LogP contribution in [0.15, 0.2) is 23.1 Å². The van der Waals surface area contributed by atoms with Crippen LogP contribution in [0, 0.1) is 34.5 Å². The molecule has 0 aromatic carbocycles. The molecule has 0 bridgehead atoms. The van der Waals surface area contributed by atoms with Crippen molar-refractivity contribution in [1.82, 2.24) is 0 Å². The summed E-state index contributed by atoms with van der Waals surface area (Å²) in [4.78, 5) is 14.6. The highest BCUT2D eigenvalue weighted by Crippen LogP contribution is 2.66. The summed E-state index contributed by atoms with van der Waals surface area (Å²) in [5.41, 5.74) is 1.60. The molecular weight excluding hydrogens is 336 g/mol. The predicted molar refractivity (Wildman–Crippen MR) is 109 cm³/mol. The van der Waals surface area contributed by atoms with Crippen molar-refractivity contribution >= 4 is 23.2 Å². The molecule has 4 saturated carbocycles. The van der Waals surface area contributed by atoms with E-state index in [1.54, 1.807) is 11.3 Å². The Labute approximate surface area is 162 Å². The number of fused-ring (bicyclic) bond motifs is 5. The van der Waals surface area contributed by atoms with Crippen molar-refractivity contribution in [3.63, 3.8) is 0 Å². The summed E-state index contributed by atoms with van der Waals surface area (Å²) in [6, 6.07) is 4.23. The summed E-state index contributed by atoms with van der Waals surface area (Å²) in [5, 5.41) is 2.11. The molecule has 1 aromatic heterocycles. The average Bonchev–Trinajstić information content (AvgIpc) is 3.23. The van der Waals surface area contributed by atoms with E-state index >= 15 is 0 Å². The number of Topliss-reactive ketones (excluding diaryl/α,β-unsaturated/α-hetero) is 1. The minimum Gasteiger partial charge on any atom is -0.294 e. The van der Waals surface area contributed by atoms with E-state index in [1.807, 2.05) is 0 Å².